The number of hydrogen-bond acceptors (Lipinski definition) is 2. The Balaban J connectivity index is 1.65. The normalized spacial score (nSPS) is 10.2. The van der Waals surface area contributed by atoms with Crippen molar-refractivity contribution in [2.45, 2.75) is 13.0 Å². The summed E-state index contributed by atoms with van der Waals surface area (Å²) in [4.78, 5) is 15.6. The molecule has 1 heterocycles. The van der Waals surface area contributed by atoms with Gasteiger partial charge in [0.2, 0.25) is 0 Å². The lowest BCUT2D eigenvalue weighted by atomic mass is 10.3. The Hall–Kier alpha value is -1.57. The molecule has 19 heavy (non-hydrogen) atoms. The molecule has 0 unspecified atom stereocenters. The maximum atomic E-state index is 11.6. The number of rotatable bonds is 5. The lowest BCUT2D eigenvalue weighted by molar-refractivity contribution is 0.252. The van der Waals surface area contributed by atoms with E-state index in [2.05, 4.69) is 38.2 Å². The molecule has 2 rings (SSSR count). The van der Waals surface area contributed by atoms with Gasteiger partial charge in [0, 0.05) is 34.7 Å². The third kappa shape index (κ3) is 4.90. The van der Waals surface area contributed by atoms with Crippen molar-refractivity contribution >= 4 is 34.3 Å². The van der Waals surface area contributed by atoms with E-state index >= 15 is 0 Å². The number of hydrogen-bond donors (Lipinski definition) is 2. The largest absolute Gasteiger partial charge is 0.338 e. The molecule has 2 N–H and O–H groups in total. The highest BCUT2D eigenvalue weighted by Gasteiger charge is 2.00. The molecule has 6 heteroatoms. The molecule has 0 atom stereocenters. The van der Waals surface area contributed by atoms with Gasteiger partial charge in [-0.05, 0) is 53.3 Å². The fourth-order valence-electron chi connectivity index (χ4n) is 1.59. The van der Waals surface area contributed by atoms with Crippen molar-refractivity contribution in [2.75, 3.05) is 11.9 Å². The number of halogens is 1. The van der Waals surface area contributed by atoms with E-state index in [0.717, 1.165) is 22.2 Å². The minimum atomic E-state index is -0.174. The van der Waals surface area contributed by atoms with Gasteiger partial charge >= 0.3 is 6.03 Å². The summed E-state index contributed by atoms with van der Waals surface area (Å²) in [7, 11) is 0. The van der Waals surface area contributed by atoms with E-state index in [1.165, 1.54) is 0 Å². The number of aryl methyl sites for hydroxylation is 1. The number of benzene rings is 1. The number of imidazole rings is 1. The summed E-state index contributed by atoms with van der Waals surface area (Å²) in [5, 5.41) is 5.61. The van der Waals surface area contributed by atoms with Gasteiger partial charge in [0.1, 0.15) is 0 Å². The van der Waals surface area contributed by atoms with E-state index < -0.39 is 0 Å². The molecule has 2 amide bonds. The quantitative estimate of drug-likeness (QED) is 0.628. The highest BCUT2D eigenvalue weighted by Crippen LogP contribution is 2.10. The van der Waals surface area contributed by atoms with Crippen LogP contribution in [-0.2, 0) is 6.54 Å². The highest BCUT2D eigenvalue weighted by atomic mass is 127. The van der Waals surface area contributed by atoms with Crippen molar-refractivity contribution in [3.05, 3.63) is 46.6 Å². The van der Waals surface area contributed by atoms with E-state index in [1.807, 2.05) is 35.0 Å². The predicted octanol–water partition coefficient (Wildman–Crippen LogP) is 2.70. The SMILES string of the molecule is O=C(NCCCn1ccnc1)Nc1ccc(I)cc1. The molecule has 0 saturated heterocycles. The molecule has 0 bridgehead atoms. The van der Waals surface area contributed by atoms with Crippen LogP contribution in [0.25, 0.3) is 0 Å². The fourth-order valence-corrected chi connectivity index (χ4v) is 1.95. The molecular formula is C13H15IN4O. The molecule has 0 aliphatic rings. The summed E-state index contributed by atoms with van der Waals surface area (Å²) in [5.41, 5.74) is 0.799. The third-order valence-electron chi connectivity index (χ3n) is 2.54. The number of carbonyl (C=O) groups excluding carboxylic acids is 1. The molecule has 2 aromatic rings. The molecule has 0 radical (unpaired) electrons. The second-order valence-electron chi connectivity index (χ2n) is 4.04. The Bertz CT molecular complexity index is 510. The summed E-state index contributed by atoms with van der Waals surface area (Å²) in [5.74, 6) is 0. The molecule has 5 nitrogen and oxygen atoms in total. The molecule has 0 aliphatic heterocycles. The molecule has 0 spiro atoms. The van der Waals surface area contributed by atoms with Gasteiger partial charge < -0.3 is 15.2 Å². The lowest BCUT2D eigenvalue weighted by Gasteiger charge is -2.08. The van der Waals surface area contributed by atoms with Gasteiger partial charge in [0.05, 0.1) is 6.33 Å². The number of anilines is 1. The summed E-state index contributed by atoms with van der Waals surface area (Å²) >= 11 is 2.23. The zero-order chi connectivity index (χ0) is 13.5. The van der Waals surface area contributed by atoms with Crippen molar-refractivity contribution < 1.29 is 4.79 Å². The first-order valence-corrected chi connectivity index (χ1v) is 7.08. The van der Waals surface area contributed by atoms with Crippen LogP contribution in [0.5, 0.6) is 0 Å². The zero-order valence-corrected chi connectivity index (χ0v) is 12.5. The smallest absolute Gasteiger partial charge is 0.319 e. The first-order valence-electron chi connectivity index (χ1n) is 6.00. The Kier molecular flexibility index (Phi) is 5.20. The monoisotopic (exact) mass is 370 g/mol. The topological polar surface area (TPSA) is 59.0 Å². The average molecular weight is 370 g/mol. The van der Waals surface area contributed by atoms with Gasteiger partial charge in [-0.3, -0.25) is 0 Å². The summed E-state index contributed by atoms with van der Waals surface area (Å²) in [6.45, 7) is 1.48. The number of aromatic nitrogens is 2. The number of amides is 2. The van der Waals surface area contributed by atoms with Gasteiger partial charge in [-0.25, -0.2) is 9.78 Å². The summed E-state index contributed by atoms with van der Waals surface area (Å²) < 4.78 is 3.13. The van der Waals surface area contributed by atoms with E-state index in [9.17, 15) is 4.79 Å². The van der Waals surface area contributed by atoms with Crippen LogP contribution in [0.1, 0.15) is 6.42 Å². The van der Waals surface area contributed by atoms with Crippen LogP contribution in [0, 0.1) is 3.57 Å². The molecule has 1 aromatic carbocycles. The third-order valence-corrected chi connectivity index (χ3v) is 3.26. The van der Waals surface area contributed by atoms with Crippen LogP contribution in [0.2, 0.25) is 0 Å². The maximum absolute atomic E-state index is 11.6. The molecule has 0 saturated carbocycles. The van der Waals surface area contributed by atoms with Gasteiger partial charge in [-0.1, -0.05) is 0 Å². The van der Waals surface area contributed by atoms with Crippen LogP contribution in [0.3, 0.4) is 0 Å². The second kappa shape index (κ2) is 7.13. The predicted molar refractivity (Wildman–Crippen MR) is 83.0 cm³/mol. The number of carbonyl (C=O) groups is 1. The van der Waals surface area contributed by atoms with Gasteiger partial charge in [0.15, 0.2) is 0 Å². The van der Waals surface area contributed by atoms with E-state index in [1.54, 1.807) is 12.5 Å². The molecular weight excluding hydrogens is 355 g/mol. The van der Waals surface area contributed by atoms with Crippen LogP contribution in [-0.4, -0.2) is 22.1 Å². The number of nitrogens with one attached hydrogen (secondary N) is 2. The van der Waals surface area contributed by atoms with E-state index in [4.69, 9.17) is 0 Å². The van der Waals surface area contributed by atoms with Crippen molar-refractivity contribution in [3.63, 3.8) is 0 Å². The van der Waals surface area contributed by atoms with Crippen LogP contribution >= 0.6 is 22.6 Å². The zero-order valence-electron chi connectivity index (χ0n) is 10.3. The maximum Gasteiger partial charge on any atom is 0.319 e. The van der Waals surface area contributed by atoms with Gasteiger partial charge in [-0.15, -0.1) is 0 Å². The first kappa shape index (κ1) is 13.9. The molecule has 1 aromatic heterocycles. The molecule has 0 fully saturated rings. The number of urea groups is 1. The minimum absolute atomic E-state index is 0.174. The number of nitrogens with zero attached hydrogens (tertiary/aromatic N) is 2. The van der Waals surface area contributed by atoms with E-state index in [-0.39, 0.29) is 6.03 Å². The van der Waals surface area contributed by atoms with Crippen molar-refractivity contribution in [2.24, 2.45) is 0 Å². The van der Waals surface area contributed by atoms with Crippen LogP contribution < -0.4 is 10.6 Å². The fraction of sp³-hybridized carbons (Fsp3) is 0.231. The molecule has 100 valence electrons. The Morgan fingerprint density at radius 3 is 2.79 bits per heavy atom. The van der Waals surface area contributed by atoms with Crippen LogP contribution in [0.15, 0.2) is 43.0 Å². The Morgan fingerprint density at radius 2 is 2.11 bits per heavy atom. The minimum Gasteiger partial charge on any atom is -0.338 e. The van der Waals surface area contributed by atoms with E-state index in [0.29, 0.717) is 6.54 Å². The highest BCUT2D eigenvalue weighted by molar-refractivity contribution is 14.1. The standard InChI is InChI=1S/C13H15IN4O/c14-11-2-4-12(5-3-11)17-13(19)16-6-1-8-18-9-7-15-10-18/h2-5,7,9-10H,1,6,8H2,(H2,16,17,19). The first-order chi connectivity index (χ1) is 9.24. The van der Waals surface area contributed by atoms with Crippen molar-refractivity contribution in [1.29, 1.82) is 0 Å². The Labute approximate surface area is 125 Å². The van der Waals surface area contributed by atoms with Crippen molar-refractivity contribution in [1.82, 2.24) is 14.9 Å². The summed E-state index contributed by atoms with van der Waals surface area (Å²) in [6.07, 6.45) is 6.30. The van der Waals surface area contributed by atoms with Crippen LogP contribution in [0.4, 0.5) is 10.5 Å². The van der Waals surface area contributed by atoms with Gasteiger partial charge in [-0.2, -0.15) is 0 Å². The Morgan fingerprint density at radius 1 is 1.32 bits per heavy atom. The second-order valence-corrected chi connectivity index (χ2v) is 5.29. The average Bonchev–Trinajstić information content (AvgIpc) is 2.91. The summed E-state index contributed by atoms with van der Waals surface area (Å²) in [6, 6.07) is 7.50. The van der Waals surface area contributed by atoms with Gasteiger partial charge in [0.25, 0.3) is 0 Å². The lowest BCUT2D eigenvalue weighted by Crippen LogP contribution is -2.30. The van der Waals surface area contributed by atoms with Crippen molar-refractivity contribution in [3.8, 4) is 0 Å². The molecule has 0 aliphatic carbocycles.